The van der Waals surface area contributed by atoms with Crippen molar-refractivity contribution in [2.24, 2.45) is 5.10 Å². The zero-order valence-electron chi connectivity index (χ0n) is 16.8. The molecular weight excluding hydrogens is 370 g/mol. The molecular formula is C22H25N3O4. The Morgan fingerprint density at radius 2 is 1.69 bits per heavy atom. The Labute approximate surface area is 169 Å². The maximum absolute atomic E-state index is 12.6. The van der Waals surface area contributed by atoms with E-state index in [4.69, 9.17) is 14.2 Å². The molecule has 2 aromatic carbocycles. The molecule has 1 aromatic heterocycles. The number of H-pyrrole nitrogens is 1. The highest BCUT2D eigenvalue weighted by Crippen LogP contribution is 2.39. The summed E-state index contributed by atoms with van der Waals surface area (Å²) in [5.74, 6) is 1.05. The molecule has 1 heterocycles. The van der Waals surface area contributed by atoms with E-state index in [1.807, 2.05) is 51.2 Å². The normalized spacial score (nSPS) is 11.0. The SMILES string of the molecule is CCOc1cc(C(=O)N/N=C\c2c[nH]c3ccccc23)cc(OCC)c1OCC. The van der Waals surface area contributed by atoms with E-state index in [2.05, 4.69) is 15.5 Å². The number of aromatic nitrogens is 1. The van der Waals surface area contributed by atoms with Crippen LogP contribution in [0.25, 0.3) is 10.9 Å². The van der Waals surface area contributed by atoms with E-state index in [9.17, 15) is 4.79 Å². The summed E-state index contributed by atoms with van der Waals surface area (Å²) in [5, 5.41) is 5.12. The molecule has 0 aliphatic carbocycles. The van der Waals surface area contributed by atoms with Gasteiger partial charge in [0.05, 0.1) is 26.0 Å². The summed E-state index contributed by atoms with van der Waals surface area (Å²) in [7, 11) is 0. The molecule has 152 valence electrons. The summed E-state index contributed by atoms with van der Waals surface area (Å²) in [5.41, 5.74) is 4.82. The third-order valence-corrected chi connectivity index (χ3v) is 4.16. The quantitative estimate of drug-likeness (QED) is 0.421. The Morgan fingerprint density at radius 1 is 1.03 bits per heavy atom. The monoisotopic (exact) mass is 395 g/mol. The van der Waals surface area contributed by atoms with Crippen molar-refractivity contribution in [3.05, 3.63) is 53.7 Å². The third kappa shape index (κ3) is 4.68. The van der Waals surface area contributed by atoms with Gasteiger partial charge in [0, 0.05) is 28.2 Å². The van der Waals surface area contributed by atoms with Crippen LogP contribution in [0.3, 0.4) is 0 Å². The van der Waals surface area contributed by atoms with Gasteiger partial charge >= 0.3 is 0 Å². The topological polar surface area (TPSA) is 84.9 Å². The van der Waals surface area contributed by atoms with Crippen molar-refractivity contribution in [2.45, 2.75) is 20.8 Å². The van der Waals surface area contributed by atoms with Crippen LogP contribution in [0.1, 0.15) is 36.7 Å². The van der Waals surface area contributed by atoms with Crippen molar-refractivity contribution in [3.63, 3.8) is 0 Å². The van der Waals surface area contributed by atoms with Crippen molar-refractivity contribution in [1.29, 1.82) is 0 Å². The van der Waals surface area contributed by atoms with Crippen molar-refractivity contribution < 1.29 is 19.0 Å². The molecule has 0 atom stereocenters. The molecule has 0 saturated heterocycles. The van der Waals surface area contributed by atoms with Gasteiger partial charge in [-0.25, -0.2) is 5.43 Å². The van der Waals surface area contributed by atoms with Crippen LogP contribution in [0.2, 0.25) is 0 Å². The average molecular weight is 395 g/mol. The van der Waals surface area contributed by atoms with Crippen LogP contribution in [0.15, 0.2) is 47.7 Å². The molecule has 2 N–H and O–H groups in total. The fraction of sp³-hybridized carbons (Fsp3) is 0.273. The number of amides is 1. The Bertz CT molecular complexity index is 983. The minimum Gasteiger partial charge on any atom is -0.490 e. The smallest absolute Gasteiger partial charge is 0.271 e. The average Bonchev–Trinajstić information content (AvgIpc) is 3.13. The van der Waals surface area contributed by atoms with E-state index < -0.39 is 0 Å². The van der Waals surface area contributed by atoms with E-state index in [-0.39, 0.29) is 5.91 Å². The van der Waals surface area contributed by atoms with Crippen LogP contribution < -0.4 is 19.6 Å². The molecule has 0 fully saturated rings. The Morgan fingerprint density at radius 3 is 2.34 bits per heavy atom. The molecule has 0 bridgehead atoms. The molecule has 7 heteroatoms. The Hall–Kier alpha value is -3.48. The number of ether oxygens (including phenoxy) is 3. The van der Waals surface area contributed by atoms with E-state index in [0.29, 0.717) is 42.6 Å². The molecule has 0 spiro atoms. The number of hydrazone groups is 1. The van der Waals surface area contributed by atoms with Gasteiger partial charge in [0.25, 0.3) is 5.91 Å². The first-order valence-electron chi connectivity index (χ1n) is 9.63. The maximum Gasteiger partial charge on any atom is 0.271 e. The molecule has 1 amide bonds. The summed E-state index contributed by atoms with van der Waals surface area (Å²) in [4.78, 5) is 15.8. The Kier molecular flexibility index (Phi) is 6.73. The lowest BCUT2D eigenvalue weighted by atomic mass is 10.1. The number of benzene rings is 2. The lowest BCUT2D eigenvalue weighted by molar-refractivity contribution is 0.0954. The van der Waals surface area contributed by atoms with Gasteiger partial charge in [0.2, 0.25) is 5.75 Å². The van der Waals surface area contributed by atoms with Crippen LogP contribution in [-0.2, 0) is 0 Å². The van der Waals surface area contributed by atoms with E-state index in [1.54, 1.807) is 18.3 Å². The van der Waals surface area contributed by atoms with E-state index in [0.717, 1.165) is 16.5 Å². The van der Waals surface area contributed by atoms with Crippen molar-refractivity contribution >= 4 is 23.0 Å². The lowest BCUT2D eigenvalue weighted by Gasteiger charge is -2.16. The number of nitrogens with one attached hydrogen (secondary N) is 2. The first kappa shape index (κ1) is 20.3. The van der Waals surface area contributed by atoms with Crippen molar-refractivity contribution in [2.75, 3.05) is 19.8 Å². The van der Waals surface area contributed by atoms with Crippen molar-refractivity contribution in [3.8, 4) is 17.2 Å². The van der Waals surface area contributed by atoms with Crippen LogP contribution in [0.5, 0.6) is 17.2 Å². The molecule has 0 radical (unpaired) electrons. The van der Waals surface area contributed by atoms with Gasteiger partial charge in [0.15, 0.2) is 11.5 Å². The molecule has 7 nitrogen and oxygen atoms in total. The van der Waals surface area contributed by atoms with Gasteiger partial charge in [-0.2, -0.15) is 5.10 Å². The molecule has 3 rings (SSSR count). The van der Waals surface area contributed by atoms with Gasteiger partial charge in [0.1, 0.15) is 0 Å². The molecule has 3 aromatic rings. The number of nitrogens with zero attached hydrogens (tertiary/aromatic N) is 1. The summed E-state index contributed by atoms with van der Waals surface area (Å²) < 4.78 is 17.0. The Balaban J connectivity index is 1.82. The summed E-state index contributed by atoms with van der Waals surface area (Å²) in [6.45, 7) is 6.96. The fourth-order valence-corrected chi connectivity index (χ4v) is 2.95. The van der Waals surface area contributed by atoms with E-state index >= 15 is 0 Å². The standard InChI is InChI=1S/C22H25N3O4/c1-4-27-19-11-15(12-20(28-5-2)21(19)29-6-3)22(26)25-24-14-16-13-23-18-10-8-7-9-17(16)18/h7-14,23H,4-6H2,1-3H3,(H,25,26)/b24-14-. The number of carbonyl (C=O) groups excluding carboxylic acids is 1. The highest BCUT2D eigenvalue weighted by molar-refractivity contribution is 6.00. The number of hydrogen-bond acceptors (Lipinski definition) is 5. The molecule has 0 aliphatic heterocycles. The second-order valence-electron chi connectivity index (χ2n) is 6.09. The predicted molar refractivity (Wildman–Crippen MR) is 113 cm³/mol. The first-order chi connectivity index (χ1) is 14.2. The second-order valence-corrected chi connectivity index (χ2v) is 6.09. The van der Waals surface area contributed by atoms with Crippen LogP contribution in [0.4, 0.5) is 0 Å². The van der Waals surface area contributed by atoms with Gasteiger partial charge in [-0.3, -0.25) is 4.79 Å². The number of aromatic amines is 1. The van der Waals surface area contributed by atoms with Gasteiger partial charge in [-0.1, -0.05) is 18.2 Å². The van der Waals surface area contributed by atoms with Crippen molar-refractivity contribution in [1.82, 2.24) is 10.4 Å². The highest BCUT2D eigenvalue weighted by Gasteiger charge is 2.18. The zero-order chi connectivity index (χ0) is 20.6. The largest absolute Gasteiger partial charge is 0.490 e. The van der Waals surface area contributed by atoms with Crippen LogP contribution in [-0.4, -0.2) is 36.9 Å². The number of para-hydroxylation sites is 1. The summed E-state index contributed by atoms with van der Waals surface area (Å²) >= 11 is 0. The number of fused-ring (bicyclic) bond motifs is 1. The lowest BCUT2D eigenvalue weighted by Crippen LogP contribution is -2.18. The van der Waals surface area contributed by atoms with E-state index in [1.165, 1.54) is 0 Å². The minimum absolute atomic E-state index is 0.369. The second kappa shape index (κ2) is 9.64. The fourth-order valence-electron chi connectivity index (χ4n) is 2.95. The summed E-state index contributed by atoms with van der Waals surface area (Å²) in [6, 6.07) is 11.1. The van der Waals surface area contributed by atoms with Gasteiger partial charge < -0.3 is 19.2 Å². The number of rotatable bonds is 9. The van der Waals surface area contributed by atoms with Gasteiger partial charge in [-0.15, -0.1) is 0 Å². The highest BCUT2D eigenvalue weighted by atomic mass is 16.5. The van der Waals surface area contributed by atoms with Crippen LogP contribution in [0, 0.1) is 0 Å². The van der Waals surface area contributed by atoms with Gasteiger partial charge in [-0.05, 0) is 39.0 Å². The zero-order valence-corrected chi connectivity index (χ0v) is 16.8. The first-order valence-corrected chi connectivity index (χ1v) is 9.63. The number of hydrogen-bond donors (Lipinski definition) is 2. The molecule has 0 unspecified atom stereocenters. The predicted octanol–water partition coefficient (Wildman–Crippen LogP) is 4.13. The third-order valence-electron chi connectivity index (χ3n) is 4.16. The molecule has 0 aliphatic rings. The van der Waals surface area contributed by atoms with Crippen LogP contribution >= 0.6 is 0 Å². The molecule has 29 heavy (non-hydrogen) atoms. The summed E-state index contributed by atoms with van der Waals surface area (Å²) in [6.07, 6.45) is 3.45. The minimum atomic E-state index is -0.369. The maximum atomic E-state index is 12.6. The number of carbonyl (C=O) groups is 1. The molecule has 0 saturated carbocycles.